The summed E-state index contributed by atoms with van der Waals surface area (Å²) >= 11 is 7.41. The monoisotopic (exact) mass is 250 g/mol. The number of halogens is 1. The van der Waals surface area contributed by atoms with Gasteiger partial charge in [0, 0.05) is 10.6 Å². The van der Waals surface area contributed by atoms with Crippen LogP contribution in [0, 0.1) is 6.92 Å². The highest BCUT2D eigenvalue weighted by atomic mass is 35.5. The normalized spacial score (nSPS) is 10.4. The van der Waals surface area contributed by atoms with E-state index in [1.807, 2.05) is 0 Å². The summed E-state index contributed by atoms with van der Waals surface area (Å²) in [5.41, 5.74) is 2.21. The Labute approximate surface area is 104 Å². The number of thioether (sulfide) groups is 1. The van der Waals surface area contributed by atoms with Crippen LogP contribution in [-0.4, -0.2) is 9.97 Å². The molecule has 0 atom stereocenters. The topological polar surface area (TPSA) is 25.8 Å². The molecule has 0 saturated heterocycles. The van der Waals surface area contributed by atoms with Gasteiger partial charge in [0.25, 0.3) is 0 Å². The van der Waals surface area contributed by atoms with Gasteiger partial charge in [-0.1, -0.05) is 29.3 Å². The van der Waals surface area contributed by atoms with Crippen molar-refractivity contribution in [2.45, 2.75) is 17.6 Å². The number of hydrogen-bond acceptors (Lipinski definition) is 3. The predicted molar refractivity (Wildman–Crippen MR) is 67.8 cm³/mol. The number of rotatable bonds is 3. The maximum atomic E-state index is 5.67. The lowest BCUT2D eigenvalue weighted by Crippen LogP contribution is -1.88. The van der Waals surface area contributed by atoms with E-state index in [-0.39, 0.29) is 0 Å². The standard InChI is InChI=1S/C12H11ClN2S/c1-9-2-4-11(5-3-9)16-8-10-6-15-12(13)7-14-10/h2-7H,8H2,1H3. The second-order valence-electron chi connectivity index (χ2n) is 3.43. The minimum absolute atomic E-state index is 0.434. The fourth-order valence-electron chi connectivity index (χ4n) is 1.21. The Morgan fingerprint density at radius 1 is 1.12 bits per heavy atom. The van der Waals surface area contributed by atoms with Gasteiger partial charge in [-0.2, -0.15) is 0 Å². The van der Waals surface area contributed by atoms with Gasteiger partial charge in [0.2, 0.25) is 0 Å². The van der Waals surface area contributed by atoms with Crippen LogP contribution in [0.1, 0.15) is 11.3 Å². The van der Waals surface area contributed by atoms with E-state index in [4.69, 9.17) is 11.6 Å². The Balaban J connectivity index is 1.97. The summed E-state index contributed by atoms with van der Waals surface area (Å²) in [6.45, 7) is 2.08. The van der Waals surface area contributed by atoms with Gasteiger partial charge in [0.05, 0.1) is 18.1 Å². The third kappa shape index (κ3) is 3.22. The lowest BCUT2D eigenvalue weighted by atomic mass is 10.2. The van der Waals surface area contributed by atoms with Crippen LogP contribution in [-0.2, 0) is 5.75 Å². The fraction of sp³-hybridized carbons (Fsp3) is 0.167. The van der Waals surface area contributed by atoms with E-state index in [1.54, 1.807) is 24.2 Å². The molecule has 0 amide bonds. The van der Waals surface area contributed by atoms with Crippen LogP contribution in [0.4, 0.5) is 0 Å². The molecule has 0 bridgehead atoms. The molecule has 4 heteroatoms. The van der Waals surface area contributed by atoms with E-state index in [0.29, 0.717) is 5.15 Å². The molecular formula is C12H11ClN2S. The minimum atomic E-state index is 0.434. The van der Waals surface area contributed by atoms with Crippen LogP contribution in [0.2, 0.25) is 5.15 Å². The fourth-order valence-corrected chi connectivity index (χ4v) is 2.10. The first-order chi connectivity index (χ1) is 7.74. The van der Waals surface area contributed by atoms with Gasteiger partial charge in [-0.05, 0) is 19.1 Å². The van der Waals surface area contributed by atoms with Crippen LogP contribution >= 0.6 is 23.4 Å². The Morgan fingerprint density at radius 2 is 1.88 bits per heavy atom. The van der Waals surface area contributed by atoms with Crippen molar-refractivity contribution in [2.24, 2.45) is 0 Å². The zero-order valence-electron chi connectivity index (χ0n) is 8.85. The average Bonchev–Trinajstić information content (AvgIpc) is 2.30. The van der Waals surface area contributed by atoms with Crippen molar-refractivity contribution in [3.63, 3.8) is 0 Å². The predicted octanol–water partition coefficient (Wildman–Crippen LogP) is 3.73. The third-order valence-electron chi connectivity index (χ3n) is 2.08. The largest absolute Gasteiger partial charge is 0.256 e. The Morgan fingerprint density at radius 3 is 2.50 bits per heavy atom. The zero-order chi connectivity index (χ0) is 11.4. The van der Waals surface area contributed by atoms with Crippen molar-refractivity contribution in [2.75, 3.05) is 0 Å². The van der Waals surface area contributed by atoms with E-state index in [2.05, 4.69) is 41.2 Å². The molecule has 0 spiro atoms. The van der Waals surface area contributed by atoms with Crippen molar-refractivity contribution >= 4 is 23.4 Å². The van der Waals surface area contributed by atoms with Crippen LogP contribution < -0.4 is 0 Å². The van der Waals surface area contributed by atoms with Crippen LogP contribution in [0.3, 0.4) is 0 Å². The van der Waals surface area contributed by atoms with E-state index in [0.717, 1.165) is 11.4 Å². The van der Waals surface area contributed by atoms with Crippen LogP contribution in [0.5, 0.6) is 0 Å². The number of aromatic nitrogens is 2. The number of hydrogen-bond donors (Lipinski definition) is 0. The van der Waals surface area contributed by atoms with Gasteiger partial charge in [-0.15, -0.1) is 11.8 Å². The van der Waals surface area contributed by atoms with Gasteiger partial charge in [0.1, 0.15) is 5.15 Å². The summed E-state index contributed by atoms with van der Waals surface area (Å²) in [4.78, 5) is 9.43. The molecular weight excluding hydrogens is 240 g/mol. The first-order valence-electron chi connectivity index (χ1n) is 4.90. The molecule has 0 aliphatic carbocycles. The molecule has 0 unspecified atom stereocenters. The molecule has 2 aromatic rings. The molecule has 0 radical (unpaired) electrons. The second kappa shape index (κ2) is 5.32. The number of aryl methyl sites for hydroxylation is 1. The zero-order valence-corrected chi connectivity index (χ0v) is 10.4. The van der Waals surface area contributed by atoms with Gasteiger partial charge in [0.15, 0.2) is 0 Å². The molecule has 0 aliphatic heterocycles. The van der Waals surface area contributed by atoms with E-state index in [1.165, 1.54) is 10.5 Å². The molecule has 82 valence electrons. The summed E-state index contributed by atoms with van der Waals surface area (Å²) < 4.78 is 0. The summed E-state index contributed by atoms with van der Waals surface area (Å²) in [7, 11) is 0. The molecule has 1 aromatic carbocycles. The summed E-state index contributed by atoms with van der Waals surface area (Å²) in [5, 5.41) is 0.434. The van der Waals surface area contributed by atoms with Gasteiger partial charge in [-0.3, -0.25) is 4.98 Å². The molecule has 1 heterocycles. The maximum absolute atomic E-state index is 5.67. The molecule has 2 rings (SSSR count). The van der Waals surface area contributed by atoms with Crippen molar-refractivity contribution < 1.29 is 0 Å². The first kappa shape index (κ1) is 11.4. The Kier molecular flexibility index (Phi) is 3.80. The third-order valence-corrected chi connectivity index (χ3v) is 3.32. The van der Waals surface area contributed by atoms with Gasteiger partial charge >= 0.3 is 0 Å². The minimum Gasteiger partial charge on any atom is -0.256 e. The SMILES string of the molecule is Cc1ccc(SCc2cnc(Cl)cn2)cc1. The van der Waals surface area contributed by atoms with Crippen molar-refractivity contribution in [3.05, 3.63) is 53.1 Å². The summed E-state index contributed by atoms with van der Waals surface area (Å²) in [6.07, 6.45) is 3.29. The van der Waals surface area contributed by atoms with Crippen LogP contribution in [0.15, 0.2) is 41.6 Å². The van der Waals surface area contributed by atoms with Crippen molar-refractivity contribution in [3.8, 4) is 0 Å². The molecule has 0 fully saturated rings. The molecule has 0 saturated carbocycles. The maximum Gasteiger partial charge on any atom is 0.147 e. The highest BCUT2D eigenvalue weighted by molar-refractivity contribution is 7.98. The molecule has 16 heavy (non-hydrogen) atoms. The molecule has 0 aliphatic rings. The van der Waals surface area contributed by atoms with E-state index in [9.17, 15) is 0 Å². The lowest BCUT2D eigenvalue weighted by Gasteiger charge is -2.01. The summed E-state index contributed by atoms with van der Waals surface area (Å²) in [6, 6.07) is 8.44. The van der Waals surface area contributed by atoms with Gasteiger partial charge in [-0.25, -0.2) is 4.98 Å². The Hall–Kier alpha value is -1.06. The molecule has 2 nitrogen and oxygen atoms in total. The first-order valence-corrected chi connectivity index (χ1v) is 6.26. The quantitative estimate of drug-likeness (QED) is 0.777. The molecule has 0 N–H and O–H groups in total. The van der Waals surface area contributed by atoms with Crippen molar-refractivity contribution in [1.29, 1.82) is 0 Å². The molecule has 1 aromatic heterocycles. The Bertz CT molecular complexity index is 408. The van der Waals surface area contributed by atoms with Gasteiger partial charge < -0.3 is 0 Å². The van der Waals surface area contributed by atoms with Crippen molar-refractivity contribution in [1.82, 2.24) is 9.97 Å². The highest BCUT2D eigenvalue weighted by Crippen LogP contribution is 2.21. The average molecular weight is 251 g/mol. The smallest absolute Gasteiger partial charge is 0.147 e. The number of benzene rings is 1. The number of nitrogens with zero attached hydrogens (tertiary/aromatic N) is 2. The second-order valence-corrected chi connectivity index (χ2v) is 4.87. The van der Waals surface area contributed by atoms with E-state index < -0.39 is 0 Å². The summed E-state index contributed by atoms with van der Waals surface area (Å²) in [5.74, 6) is 0.813. The lowest BCUT2D eigenvalue weighted by molar-refractivity contribution is 1.10. The highest BCUT2D eigenvalue weighted by Gasteiger charge is 1.98. The van der Waals surface area contributed by atoms with E-state index >= 15 is 0 Å². The van der Waals surface area contributed by atoms with Crippen LogP contribution in [0.25, 0.3) is 0 Å².